The number of hydrogen-bond acceptors (Lipinski definition) is 5. The first-order valence-corrected chi connectivity index (χ1v) is 10.6. The molecule has 1 saturated heterocycles. The summed E-state index contributed by atoms with van der Waals surface area (Å²) in [6, 6.07) is 2.50. The Morgan fingerprint density at radius 1 is 1.15 bits per heavy atom. The lowest BCUT2D eigenvalue weighted by atomic mass is 9.95. The number of rotatable bonds is 6. The van der Waals surface area contributed by atoms with Gasteiger partial charge in [0, 0.05) is 62.9 Å². The topological polar surface area (TPSA) is 61.4 Å². The molecule has 1 aromatic heterocycles. The quantitative estimate of drug-likeness (QED) is 0.831. The highest BCUT2D eigenvalue weighted by Crippen LogP contribution is 2.19. The highest BCUT2D eigenvalue weighted by atomic mass is 16.1. The van der Waals surface area contributed by atoms with E-state index in [1.165, 1.54) is 19.3 Å². The summed E-state index contributed by atoms with van der Waals surface area (Å²) in [6.45, 7) is 11.0. The lowest BCUT2D eigenvalue weighted by molar-refractivity contribution is -0.122. The third-order valence-electron chi connectivity index (χ3n) is 5.70. The summed E-state index contributed by atoms with van der Waals surface area (Å²) >= 11 is 0. The molecule has 1 N–H and O–H groups in total. The first kappa shape index (κ1) is 20.1. The van der Waals surface area contributed by atoms with Gasteiger partial charge in [-0.15, -0.1) is 0 Å². The highest BCUT2D eigenvalue weighted by molar-refractivity contribution is 5.76. The predicted octanol–water partition coefficient (Wildman–Crippen LogP) is 2.87. The van der Waals surface area contributed by atoms with Crippen molar-refractivity contribution in [2.75, 3.05) is 37.6 Å². The molecule has 3 rings (SSSR count). The van der Waals surface area contributed by atoms with E-state index in [0.717, 1.165) is 62.9 Å². The highest BCUT2D eigenvalue weighted by Gasteiger charge is 2.21. The van der Waals surface area contributed by atoms with Crippen LogP contribution >= 0.6 is 0 Å². The summed E-state index contributed by atoms with van der Waals surface area (Å²) in [7, 11) is 0. The molecule has 6 heteroatoms. The number of anilines is 1. The standard InChI is InChI=1S/C21H35N5O/c1-16(2)21-22-17(3)15-19(24-21)26-13-11-25(12-14-26)10-9-20(27)23-18-7-5-4-6-8-18/h15-16,18H,4-14H2,1-3H3,(H,23,27). The largest absolute Gasteiger partial charge is 0.354 e. The minimum Gasteiger partial charge on any atom is -0.354 e. The SMILES string of the molecule is Cc1cc(N2CCN(CCC(=O)NC3CCCCC3)CC2)nc(C(C)C)n1. The summed E-state index contributed by atoms with van der Waals surface area (Å²) in [5.74, 6) is 2.53. The van der Waals surface area contributed by atoms with Gasteiger partial charge in [-0.2, -0.15) is 0 Å². The van der Waals surface area contributed by atoms with E-state index in [1.54, 1.807) is 0 Å². The molecule has 0 unspecified atom stereocenters. The Kier molecular flexibility index (Phi) is 7.05. The van der Waals surface area contributed by atoms with Crippen molar-refractivity contribution < 1.29 is 4.79 Å². The maximum absolute atomic E-state index is 12.2. The van der Waals surface area contributed by atoms with E-state index in [1.807, 2.05) is 6.92 Å². The molecule has 0 radical (unpaired) electrons. The van der Waals surface area contributed by atoms with E-state index in [2.05, 4.69) is 40.0 Å². The van der Waals surface area contributed by atoms with Gasteiger partial charge in [0.15, 0.2) is 0 Å². The van der Waals surface area contributed by atoms with E-state index < -0.39 is 0 Å². The van der Waals surface area contributed by atoms with Crippen LogP contribution in [0.25, 0.3) is 0 Å². The first-order chi connectivity index (χ1) is 13.0. The Morgan fingerprint density at radius 3 is 2.52 bits per heavy atom. The van der Waals surface area contributed by atoms with Crippen LogP contribution in [-0.2, 0) is 4.79 Å². The lowest BCUT2D eigenvalue weighted by Gasteiger charge is -2.35. The molecule has 1 aliphatic heterocycles. The minimum absolute atomic E-state index is 0.220. The Bertz CT molecular complexity index is 619. The molecule has 0 atom stereocenters. The van der Waals surface area contributed by atoms with E-state index in [4.69, 9.17) is 4.98 Å². The molecule has 1 amide bonds. The summed E-state index contributed by atoms with van der Waals surface area (Å²) in [5, 5.41) is 3.22. The second kappa shape index (κ2) is 9.49. The van der Waals surface area contributed by atoms with Gasteiger partial charge in [-0.3, -0.25) is 9.69 Å². The van der Waals surface area contributed by atoms with E-state index in [-0.39, 0.29) is 5.91 Å². The summed E-state index contributed by atoms with van der Waals surface area (Å²) < 4.78 is 0. The maximum Gasteiger partial charge on any atom is 0.221 e. The molecule has 6 nitrogen and oxygen atoms in total. The van der Waals surface area contributed by atoms with Crippen molar-refractivity contribution >= 4 is 11.7 Å². The van der Waals surface area contributed by atoms with E-state index in [9.17, 15) is 4.79 Å². The number of nitrogens with one attached hydrogen (secondary N) is 1. The van der Waals surface area contributed by atoms with Crippen molar-refractivity contribution in [1.82, 2.24) is 20.2 Å². The second-order valence-electron chi connectivity index (χ2n) is 8.36. The van der Waals surface area contributed by atoms with Gasteiger partial charge < -0.3 is 10.2 Å². The number of amides is 1. The van der Waals surface area contributed by atoms with Crippen molar-refractivity contribution in [3.63, 3.8) is 0 Å². The van der Waals surface area contributed by atoms with Crippen molar-refractivity contribution in [1.29, 1.82) is 0 Å². The molecule has 0 aromatic carbocycles. The fraction of sp³-hybridized carbons (Fsp3) is 0.762. The van der Waals surface area contributed by atoms with Crippen molar-refractivity contribution in [3.8, 4) is 0 Å². The van der Waals surface area contributed by atoms with Crippen LogP contribution in [0.3, 0.4) is 0 Å². The molecule has 27 heavy (non-hydrogen) atoms. The summed E-state index contributed by atoms with van der Waals surface area (Å²) in [4.78, 5) is 26.3. The number of carbonyl (C=O) groups is 1. The molecule has 2 fully saturated rings. The molecule has 0 bridgehead atoms. The van der Waals surface area contributed by atoms with Gasteiger partial charge in [0.2, 0.25) is 5.91 Å². The Labute approximate surface area is 163 Å². The van der Waals surface area contributed by atoms with Gasteiger partial charge in [-0.25, -0.2) is 9.97 Å². The van der Waals surface area contributed by atoms with Crippen LogP contribution in [0.15, 0.2) is 6.07 Å². The van der Waals surface area contributed by atoms with Gasteiger partial charge >= 0.3 is 0 Å². The van der Waals surface area contributed by atoms with Crippen LogP contribution in [0.2, 0.25) is 0 Å². The monoisotopic (exact) mass is 373 g/mol. The average molecular weight is 374 g/mol. The summed E-state index contributed by atoms with van der Waals surface area (Å²) in [6.07, 6.45) is 6.76. The zero-order valence-electron chi connectivity index (χ0n) is 17.2. The number of piperazine rings is 1. The van der Waals surface area contributed by atoms with Crippen LogP contribution in [0.5, 0.6) is 0 Å². The molecule has 2 aliphatic rings. The zero-order valence-corrected chi connectivity index (χ0v) is 17.2. The predicted molar refractivity (Wildman–Crippen MR) is 109 cm³/mol. The van der Waals surface area contributed by atoms with Crippen LogP contribution in [0.4, 0.5) is 5.82 Å². The van der Waals surface area contributed by atoms with Gasteiger partial charge in [-0.1, -0.05) is 33.1 Å². The molecular weight excluding hydrogens is 338 g/mol. The van der Waals surface area contributed by atoms with Crippen molar-refractivity contribution in [3.05, 3.63) is 17.6 Å². The first-order valence-electron chi connectivity index (χ1n) is 10.6. The van der Waals surface area contributed by atoms with Gasteiger partial charge in [0.1, 0.15) is 11.6 Å². The number of hydrogen-bond donors (Lipinski definition) is 1. The molecular formula is C21H35N5O. The van der Waals surface area contributed by atoms with Gasteiger partial charge in [0.25, 0.3) is 0 Å². The van der Waals surface area contributed by atoms with Crippen LogP contribution in [0.1, 0.15) is 69.8 Å². The fourth-order valence-electron chi connectivity index (χ4n) is 4.00. The van der Waals surface area contributed by atoms with Gasteiger partial charge in [-0.05, 0) is 19.8 Å². The third kappa shape index (κ3) is 5.89. The second-order valence-corrected chi connectivity index (χ2v) is 8.36. The van der Waals surface area contributed by atoms with Crippen LogP contribution < -0.4 is 10.2 Å². The number of aromatic nitrogens is 2. The molecule has 0 spiro atoms. The van der Waals surface area contributed by atoms with Gasteiger partial charge in [0.05, 0.1) is 0 Å². The zero-order chi connectivity index (χ0) is 19.2. The molecule has 1 aliphatic carbocycles. The Hall–Kier alpha value is -1.69. The average Bonchev–Trinajstić information content (AvgIpc) is 2.67. The van der Waals surface area contributed by atoms with Crippen molar-refractivity contribution in [2.45, 2.75) is 71.3 Å². The number of aryl methyl sites for hydroxylation is 1. The van der Waals surface area contributed by atoms with Crippen molar-refractivity contribution in [2.24, 2.45) is 0 Å². The molecule has 150 valence electrons. The van der Waals surface area contributed by atoms with Crippen LogP contribution in [-0.4, -0.2) is 59.5 Å². The minimum atomic E-state index is 0.220. The molecule has 1 saturated carbocycles. The van der Waals surface area contributed by atoms with E-state index >= 15 is 0 Å². The Morgan fingerprint density at radius 2 is 1.85 bits per heavy atom. The fourth-order valence-corrected chi connectivity index (χ4v) is 4.00. The number of nitrogens with zero attached hydrogens (tertiary/aromatic N) is 4. The third-order valence-corrected chi connectivity index (χ3v) is 5.70. The number of carbonyl (C=O) groups excluding carboxylic acids is 1. The smallest absolute Gasteiger partial charge is 0.221 e. The lowest BCUT2D eigenvalue weighted by Crippen LogP contribution is -2.48. The summed E-state index contributed by atoms with van der Waals surface area (Å²) in [5.41, 5.74) is 1.03. The maximum atomic E-state index is 12.2. The molecule has 1 aromatic rings. The van der Waals surface area contributed by atoms with Crippen LogP contribution in [0, 0.1) is 6.92 Å². The van der Waals surface area contributed by atoms with E-state index in [0.29, 0.717) is 18.4 Å². The normalized spacial score (nSPS) is 19.5. The Balaban J connectivity index is 1.43. The molecule has 2 heterocycles.